The molecule has 176 valence electrons. The van der Waals surface area contributed by atoms with Crippen LogP contribution in [0.1, 0.15) is 117 Å². The third-order valence-electron chi connectivity index (χ3n) is 7.99. The zero-order valence-electron chi connectivity index (χ0n) is 20.1. The van der Waals surface area contributed by atoms with Crippen molar-refractivity contribution in [2.45, 2.75) is 134 Å². The number of hydrogen-bond donors (Lipinski definition) is 0. The summed E-state index contributed by atoms with van der Waals surface area (Å²) < 4.78 is 26.8. The molecule has 3 saturated carbocycles. The molecule has 0 atom stereocenters. The first-order valence-electron chi connectivity index (χ1n) is 13.3. The number of hydrogen-bond acceptors (Lipinski definition) is 4. The predicted molar refractivity (Wildman–Crippen MR) is 122 cm³/mol. The molecular weight excluding hydrogens is 428 g/mol. The van der Waals surface area contributed by atoms with Crippen molar-refractivity contribution in [1.82, 2.24) is 0 Å². The normalized spacial score (nSPS) is 23.7. The van der Waals surface area contributed by atoms with Crippen molar-refractivity contribution in [2.24, 2.45) is 0 Å². The first-order chi connectivity index (χ1) is 14.7. The molecule has 0 N–H and O–H groups in total. The van der Waals surface area contributed by atoms with Crippen LogP contribution in [0.15, 0.2) is 0 Å². The van der Waals surface area contributed by atoms with E-state index in [0.717, 1.165) is 16.6 Å². The van der Waals surface area contributed by atoms with Crippen LogP contribution in [0.2, 0.25) is 16.6 Å². The third-order valence-corrected chi connectivity index (χ3v) is 20.0. The molecule has 3 rings (SSSR count). The molecule has 0 heterocycles. The maximum atomic E-state index is 7.63. The Hall–Kier alpha value is 0.771. The molecule has 0 aliphatic heterocycles. The van der Waals surface area contributed by atoms with Crippen LogP contribution in [0, 0.1) is 0 Å². The van der Waals surface area contributed by atoms with E-state index in [2.05, 4.69) is 20.8 Å². The first-order valence-corrected chi connectivity index (χ1v) is 18.0. The quantitative estimate of drug-likeness (QED) is 0.284. The van der Waals surface area contributed by atoms with Crippen LogP contribution in [0.25, 0.3) is 0 Å². The van der Waals surface area contributed by atoms with Gasteiger partial charge in [0.2, 0.25) is 0 Å². The van der Waals surface area contributed by atoms with Crippen molar-refractivity contribution in [3.63, 3.8) is 0 Å². The predicted octanol–water partition coefficient (Wildman–Crippen LogP) is 7.87. The summed E-state index contributed by atoms with van der Waals surface area (Å²) in [5.74, 6) is 0. The van der Waals surface area contributed by atoms with Gasteiger partial charge in [-0.05, 0) is 0 Å². The van der Waals surface area contributed by atoms with Crippen LogP contribution in [0.4, 0.5) is 0 Å². The second-order valence-electron chi connectivity index (χ2n) is 9.76. The standard InChI is InChI=1S/C18H33OSi.3C2H5O.Ti/c19-20(16-10-4-1-5-11-16,17-12-6-2-7-13-17)18-14-8-3-9-15-18;3*1-2-3;/h16-18H,1-15H2;3*2H2,1H3;/q4*-1;+4. The van der Waals surface area contributed by atoms with Crippen LogP contribution in [-0.2, 0) is 31.1 Å². The average Bonchev–Trinajstić information content (AvgIpc) is 2.80. The van der Waals surface area contributed by atoms with Gasteiger partial charge in [0.05, 0.1) is 0 Å². The van der Waals surface area contributed by atoms with E-state index in [4.69, 9.17) is 13.0 Å². The van der Waals surface area contributed by atoms with Crippen LogP contribution in [-0.4, -0.2) is 28.1 Å². The van der Waals surface area contributed by atoms with Gasteiger partial charge >= 0.3 is 193 Å². The molecule has 0 aromatic heterocycles. The van der Waals surface area contributed by atoms with Gasteiger partial charge in [0.25, 0.3) is 0 Å². The van der Waals surface area contributed by atoms with Crippen molar-refractivity contribution in [3.8, 4) is 0 Å². The van der Waals surface area contributed by atoms with Crippen molar-refractivity contribution in [3.05, 3.63) is 0 Å². The summed E-state index contributed by atoms with van der Waals surface area (Å²) in [6, 6.07) is 0. The Bertz CT molecular complexity index is 411. The van der Waals surface area contributed by atoms with Crippen molar-refractivity contribution < 1.29 is 31.1 Å². The van der Waals surface area contributed by atoms with Crippen molar-refractivity contribution in [1.29, 1.82) is 0 Å². The second kappa shape index (κ2) is 12.9. The summed E-state index contributed by atoms with van der Waals surface area (Å²) in [7, 11) is -2.13. The fourth-order valence-corrected chi connectivity index (χ4v) is 21.2. The van der Waals surface area contributed by atoms with Gasteiger partial charge in [0.1, 0.15) is 0 Å². The van der Waals surface area contributed by atoms with E-state index in [1.54, 1.807) is 0 Å². The van der Waals surface area contributed by atoms with Gasteiger partial charge < -0.3 is 0 Å². The molecule has 0 unspecified atom stereocenters. The van der Waals surface area contributed by atoms with Gasteiger partial charge in [-0.2, -0.15) is 0 Å². The van der Waals surface area contributed by atoms with Gasteiger partial charge in [-0.1, -0.05) is 0 Å². The van der Waals surface area contributed by atoms with Crippen LogP contribution in [0.3, 0.4) is 0 Å². The van der Waals surface area contributed by atoms with E-state index in [1.807, 2.05) is 0 Å². The minimum absolute atomic E-state index is 0.629. The zero-order valence-corrected chi connectivity index (χ0v) is 22.7. The summed E-state index contributed by atoms with van der Waals surface area (Å²) >= 11 is -3.76. The summed E-state index contributed by atoms with van der Waals surface area (Å²) in [5.41, 5.74) is 2.34. The van der Waals surface area contributed by atoms with Gasteiger partial charge in [0, 0.05) is 0 Å². The fraction of sp³-hybridized carbons (Fsp3) is 1.00. The van der Waals surface area contributed by atoms with E-state index < -0.39 is 26.5 Å². The molecule has 3 aliphatic carbocycles. The monoisotopic (exact) mass is 476 g/mol. The van der Waals surface area contributed by atoms with Crippen molar-refractivity contribution >= 4 is 8.32 Å². The Morgan fingerprint density at radius 2 is 0.833 bits per heavy atom. The molecule has 30 heavy (non-hydrogen) atoms. The Morgan fingerprint density at radius 3 is 1.10 bits per heavy atom. The topological polar surface area (TPSA) is 36.9 Å². The van der Waals surface area contributed by atoms with Crippen LogP contribution < -0.4 is 0 Å². The molecule has 0 amide bonds. The first kappa shape index (κ1) is 25.4. The molecule has 6 heteroatoms. The van der Waals surface area contributed by atoms with Gasteiger partial charge in [-0.15, -0.1) is 0 Å². The Morgan fingerprint density at radius 1 is 0.533 bits per heavy atom. The van der Waals surface area contributed by atoms with E-state index in [9.17, 15) is 0 Å². The van der Waals surface area contributed by atoms with E-state index >= 15 is 0 Å². The molecular formula is C24H48O4SiTi. The van der Waals surface area contributed by atoms with Crippen molar-refractivity contribution in [2.75, 3.05) is 19.8 Å². The van der Waals surface area contributed by atoms with Gasteiger partial charge in [-0.3, -0.25) is 0 Å². The van der Waals surface area contributed by atoms with Gasteiger partial charge in [0.15, 0.2) is 0 Å². The SMILES string of the molecule is CC[O][Ti]([O]CC)([O]CC)[O][Si](C1CCCCC1)(C1CCCCC1)C1CCCCC1. The maximum absolute atomic E-state index is 7.63. The summed E-state index contributed by atoms with van der Waals surface area (Å²) in [5, 5.41) is 0. The molecule has 0 spiro atoms. The fourth-order valence-electron chi connectivity index (χ4n) is 6.87. The average molecular weight is 477 g/mol. The third kappa shape index (κ3) is 6.01. The molecule has 0 radical (unpaired) electrons. The summed E-state index contributed by atoms with van der Waals surface area (Å²) in [6.07, 6.45) is 20.8. The molecule has 4 nitrogen and oxygen atoms in total. The van der Waals surface area contributed by atoms with E-state index in [1.165, 1.54) is 96.3 Å². The Balaban J connectivity index is 2.03. The molecule has 3 aliphatic rings. The summed E-state index contributed by atoms with van der Waals surface area (Å²) in [4.78, 5) is 0. The Kier molecular flexibility index (Phi) is 10.9. The number of rotatable bonds is 11. The van der Waals surface area contributed by atoms with E-state index in [-0.39, 0.29) is 0 Å². The zero-order chi connectivity index (χ0) is 21.3. The molecule has 0 bridgehead atoms. The van der Waals surface area contributed by atoms with Gasteiger partial charge in [-0.25, -0.2) is 0 Å². The van der Waals surface area contributed by atoms with Crippen LogP contribution in [0.5, 0.6) is 0 Å². The van der Waals surface area contributed by atoms with Crippen LogP contribution >= 0.6 is 0 Å². The molecule has 0 aromatic rings. The molecule has 3 fully saturated rings. The summed E-state index contributed by atoms with van der Waals surface area (Å²) in [6.45, 7) is 8.12. The molecule has 0 aromatic carbocycles. The van der Waals surface area contributed by atoms with E-state index in [0.29, 0.717) is 19.8 Å². The Labute approximate surface area is 192 Å². The minimum atomic E-state index is -3.76. The molecule has 0 saturated heterocycles. The second-order valence-corrected chi connectivity index (χ2v) is 18.0.